The number of nitrogens with two attached hydrogens (primary N) is 1. The molecule has 0 aliphatic heterocycles. The Labute approximate surface area is 137 Å². The Morgan fingerprint density at radius 3 is 2.57 bits per heavy atom. The molecule has 4 rings (SSSR count). The molecule has 0 spiro atoms. The molecular weight excluding hydrogens is 308 g/mol. The summed E-state index contributed by atoms with van der Waals surface area (Å²) in [6.45, 7) is 1.89. The van der Waals surface area contributed by atoms with Crippen LogP contribution < -0.4 is 5.73 Å². The van der Waals surface area contributed by atoms with Crippen LogP contribution in [-0.2, 0) is 0 Å². The fraction of sp³-hybridized carbons (Fsp3) is 0.0588. The lowest BCUT2D eigenvalue weighted by atomic mass is 10.3. The molecule has 114 valence electrons. The highest BCUT2D eigenvalue weighted by Gasteiger charge is 2.18. The molecule has 4 aromatic rings. The first-order chi connectivity index (χ1) is 11.2. The number of nitrogen functional groups attached to an aromatic ring is 1. The zero-order valence-electron chi connectivity index (χ0n) is 12.4. The second kappa shape index (κ2) is 5.48. The zero-order valence-corrected chi connectivity index (χ0v) is 13.2. The van der Waals surface area contributed by atoms with E-state index in [1.807, 2.05) is 66.2 Å². The van der Waals surface area contributed by atoms with Gasteiger partial charge in [0, 0.05) is 0 Å². The van der Waals surface area contributed by atoms with Crippen LogP contribution in [0.2, 0.25) is 0 Å². The van der Waals surface area contributed by atoms with Crippen molar-refractivity contribution in [3.05, 3.63) is 60.3 Å². The van der Waals surface area contributed by atoms with Gasteiger partial charge in [-0.25, -0.2) is 9.67 Å². The molecule has 2 heterocycles. The van der Waals surface area contributed by atoms with Crippen LogP contribution in [-0.4, -0.2) is 14.8 Å². The van der Waals surface area contributed by atoms with Crippen molar-refractivity contribution in [1.29, 1.82) is 0 Å². The molecule has 0 fully saturated rings. The first-order valence-electron chi connectivity index (χ1n) is 7.16. The van der Waals surface area contributed by atoms with E-state index in [-0.39, 0.29) is 0 Å². The van der Waals surface area contributed by atoms with Gasteiger partial charge >= 0.3 is 0 Å². The number of oxazole rings is 1. The molecule has 0 aliphatic rings. The van der Waals surface area contributed by atoms with Gasteiger partial charge in [-0.2, -0.15) is 5.10 Å². The highest BCUT2D eigenvalue weighted by atomic mass is 32.2. The number of aryl methyl sites for hydroxylation is 1. The van der Waals surface area contributed by atoms with E-state index >= 15 is 0 Å². The molecule has 2 aromatic heterocycles. The van der Waals surface area contributed by atoms with E-state index in [0.717, 1.165) is 27.5 Å². The summed E-state index contributed by atoms with van der Waals surface area (Å²) in [4.78, 5) is 4.49. The lowest BCUT2D eigenvalue weighted by Crippen LogP contribution is -1.98. The molecule has 2 N–H and O–H groups in total. The van der Waals surface area contributed by atoms with Crippen molar-refractivity contribution >= 4 is 28.5 Å². The SMILES string of the molecule is Cc1nn(-c2ccccc2)c(Sc2nc3ccccc3o2)c1N. The van der Waals surface area contributed by atoms with Crippen LogP contribution in [0.1, 0.15) is 5.69 Å². The average molecular weight is 322 g/mol. The van der Waals surface area contributed by atoms with Crippen LogP contribution in [0.25, 0.3) is 16.8 Å². The van der Waals surface area contributed by atoms with Gasteiger partial charge in [0.05, 0.1) is 17.1 Å². The summed E-state index contributed by atoms with van der Waals surface area (Å²) in [5.74, 6) is 0. The zero-order chi connectivity index (χ0) is 15.8. The summed E-state index contributed by atoms with van der Waals surface area (Å²) in [5, 5.41) is 5.89. The Morgan fingerprint density at radius 2 is 1.78 bits per heavy atom. The molecule has 0 unspecified atom stereocenters. The van der Waals surface area contributed by atoms with Gasteiger partial charge in [0.25, 0.3) is 5.22 Å². The molecule has 0 amide bonds. The number of fused-ring (bicyclic) bond motifs is 1. The number of benzene rings is 2. The monoisotopic (exact) mass is 322 g/mol. The Hall–Kier alpha value is -2.73. The van der Waals surface area contributed by atoms with Crippen LogP contribution in [0.5, 0.6) is 0 Å². The fourth-order valence-electron chi connectivity index (χ4n) is 2.34. The van der Waals surface area contributed by atoms with Gasteiger partial charge in [-0.3, -0.25) is 0 Å². The largest absolute Gasteiger partial charge is 0.431 e. The summed E-state index contributed by atoms with van der Waals surface area (Å²) in [6.07, 6.45) is 0. The summed E-state index contributed by atoms with van der Waals surface area (Å²) in [6, 6.07) is 17.6. The maximum Gasteiger partial charge on any atom is 0.263 e. The van der Waals surface area contributed by atoms with Crippen LogP contribution in [0.15, 0.2) is 69.3 Å². The molecule has 0 bridgehead atoms. The maximum absolute atomic E-state index is 6.21. The van der Waals surface area contributed by atoms with Gasteiger partial charge in [0.2, 0.25) is 0 Å². The Balaban J connectivity index is 1.79. The highest BCUT2D eigenvalue weighted by molar-refractivity contribution is 7.99. The van der Waals surface area contributed by atoms with Crippen molar-refractivity contribution in [3.8, 4) is 5.69 Å². The number of nitrogens with zero attached hydrogens (tertiary/aromatic N) is 3. The van der Waals surface area contributed by atoms with Crippen molar-refractivity contribution < 1.29 is 4.42 Å². The van der Waals surface area contributed by atoms with Gasteiger partial charge in [-0.05, 0) is 43.0 Å². The Kier molecular flexibility index (Phi) is 3.31. The van der Waals surface area contributed by atoms with Crippen LogP contribution >= 0.6 is 11.8 Å². The van der Waals surface area contributed by atoms with E-state index in [9.17, 15) is 0 Å². The van der Waals surface area contributed by atoms with E-state index in [1.165, 1.54) is 11.8 Å². The van der Waals surface area contributed by atoms with Crippen LogP contribution in [0, 0.1) is 6.92 Å². The summed E-state index contributed by atoms with van der Waals surface area (Å²) < 4.78 is 7.61. The number of para-hydroxylation sites is 3. The van der Waals surface area contributed by atoms with Crippen LogP contribution in [0.3, 0.4) is 0 Å². The maximum atomic E-state index is 6.21. The van der Waals surface area contributed by atoms with Gasteiger partial charge < -0.3 is 10.2 Å². The highest BCUT2D eigenvalue weighted by Crippen LogP contribution is 2.36. The number of aromatic nitrogens is 3. The van der Waals surface area contributed by atoms with E-state index < -0.39 is 0 Å². The minimum atomic E-state index is 0.551. The molecular formula is C17H14N4OS. The first-order valence-corrected chi connectivity index (χ1v) is 7.98. The summed E-state index contributed by atoms with van der Waals surface area (Å²) in [5.41, 5.74) is 10.2. The van der Waals surface area contributed by atoms with E-state index in [0.29, 0.717) is 10.9 Å². The molecule has 0 radical (unpaired) electrons. The molecule has 6 heteroatoms. The predicted molar refractivity (Wildman–Crippen MR) is 90.8 cm³/mol. The third-order valence-corrected chi connectivity index (χ3v) is 4.46. The lowest BCUT2D eigenvalue weighted by molar-refractivity contribution is 0.489. The molecule has 5 nitrogen and oxygen atoms in total. The van der Waals surface area contributed by atoms with Gasteiger partial charge in [0.1, 0.15) is 10.5 Å². The van der Waals surface area contributed by atoms with Crippen molar-refractivity contribution in [2.75, 3.05) is 5.73 Å². The van der Waals surface area contributed by atoms with E-state index in [1.54, 1.807) is 0 Å². The third kappa shape index (κ3) is 2.47. The van der Waals surface area contributed by atoms with Crippen molar-refractivity contribution in [1.82, 2.24) is 14.8 Å². The number of hydrogen-bond acceptors (Lipinski definition) is 5. The summed E-state index contributed by atoms with van der Waals surface area (Å²) >= 11 is 1.38. The first kappa shape index (κ1) is 13.9. The Bertz CT molecular complexity index is 942. The van der Waals surface area contributed by atoms with E-state index in [4.69, 9.17) is 10.2 Å². The van der Waals surface area contributed by atoms with Crippen molar-refractivity contribution in [2.45, 2.75) is 17.2 Å². The minimum Gasteiger partial charge on any atom is -0.431 e. The molecule has 23 heavy (non-hydrogen) atoms. The molecule has 0 atom stereocenters. The fourth-order valence-corrected chi connectivity index (χ4v) is 3.27. The molecule has 0 saturated heterocycles. The predicted octanol–water partition coefficient (Wildman–Crippen LogP) is 4.06. The Morgan fingerprint density at radius 1 is 1.04 bits per heavy atom. The number of rotatable bonds is 3. The molecule has 0 aliphatic carbocycles. The van der Waals surface area contributed by atoms with Gasteiger partial charge in [-0.15, -0.1) is 0 Å². The standard InChI is InChI=1S/C17H14N4OS/c1-11-15(18)16(21(20-11)12-7-3-2-4-8-12)23-17-19-13-9-5-6-10-14(13)22-17/h2-10H,18H2,1H3. The average Bonchev–Trinajstić information content (AvgIpc) is 3.11. The van der Waals surface area contributed by atoms with Gasteiger partial charge in [-0.1, -0.05) is 30.3 Å². The smallest absolute Gasteiger partial charge is 0.263 e. The number of hydrogen-bond donors (Lipinski definition) is 1. The van der Waals surface area contributed by atoms with Crippen molar-refractivity contribution in [3.63, 3.8) is 0 Å². The van der Waals surface area contributed by atoms with E-state index in [2.05, 4.69) is 10.1 Å². The van der Waals surface area contributed by atoms with Gasteiger partial charge in [0.15, 0.2) is 5.58 Å². The number of anilines is 1. The molecule has 2 aromatic carbocycles. The van der Waals surface area contributed by atoms with Crippen LogP contribution in [0.4, 0.5) is 5.69 Å². The normalized spacial score (nSPS) is 11.2. The second-order valence-electron chi connectivity index (χ2n) is 5.10. The topological polar surface area (TPSA) is 69.9 Å². The summed E-state index contributed by atoms with van der Waals surface area (Å²) in [7, 11) is 0. The minimum absolute atomic E-state index is 0.551. The lowest BCUT2D eigenvalue weighted by Gasteiger charge is -2.05. The third-order valence-electron chi connectivity index (χ3n) is 3.52. The quantitative estimate of drug-likeness (QED) is 0.616. The van der Waals surface area contributed by atoms with Crippen molar-refractivity contribution in [2.24, 2.45) is 0 Å². The molecule has 0 saturated carbocycles. The second-order valence-corrected chi connectivity index (χ2v) is 6.04.